The van der Waals surface area contributed by atoms with E-state index in [0.717, 1.165) is 30.4 Å². The molecule has 3 heteroatoms. The third-order valence-corrected chi connectivity index (χ3v) is 3.68. The van der Waals surface area contributed by atoms with Crippen molar-refractivity contribution in [2.45, 2.75) is 50.7 Å². The van der Waals surface area contributed by atoms with Crippen molar-refractivity contribution in [1.82, 2.24) is 0 Å². The van der Waals surface area contributed by atoms with Crippen LogP contribution in [0.4, 0.5) is 4.39 Å². The SMILES string of the molecule is Cc1cc(F)ccc1CC1(O)CCCC(N)C1. The number of aryl methyl sites for hydroxylation is 1. The first-order chi connectivity index (χ1) is 7.98. The molecule has 0 heterocycles. The van der Waals surface area contributed by atoms with E-state index in [9.17, 15) is 9.50 Å². The highest BCUT2D eigenvalue weighted by Gasteiger charge is 2.33. The van der Waals surface area contributed by atoms with Crippen LogP contribution in [0.15, 0.2) is 18.2 Å². The van der Waals surface area contributed by atoms with Gasteiger partial charge in [-0.1, -0.05) is 6.07 Å². The van der Waals surface area contributed by atoms with E-state index < -0.39 is 5.60 Å². The zero-order valence-corrected chi connectivity index (χ0v) is 10.2. The molecule has 2 rings (SSSR count). The Bertz CT molecular complexity index is 407. The number of nitrogens with two attached hydrogens (primary N) is 1. The standard InChI is InChI=1S/C14H20FNO/c1-10-7-12(15)5-4-11(10)8-14(17)6-2-3-13(16)9-14/h4-5,7,13,17H,2-3,6,8-9,16H2,1H3. The molecule has 2 unspecified atom stereocenters. The molecule has 1 aromatic carbocycles. The fourth-order valence-corrected chi connectivity index (χ4v) is 2.76. The monoisotopic (exact) mass is 237 g/mol. The van der Waals surface area contributed by atoms with Crippen LogP contribution >= 0.6 is 0 Å². The Kier molecular flexibility index (Phi) is 3.50. The molecule has 17 heavy (non-hydrogen) atoms. The third kappa shape index (κ3) is 3.05. The lowest BCUT2D eigenvalue weighted by molar-refractivity contribution is -0.00204. The minimum absolute atomic E-state index is 0.0921. The molecule has 1 fully saturated rings. The van der Waals surface area contributed by atoms with E-state index in [2.05, 4.69) is 0 Å². The summed E-state index contributed by atoms with van der Waals surface area (Å²) in [6, 6.07) is 4.83. The molecular formula is C14H20FNO. The van der Waals surface area contributed by atoms with Crippen molar-refractivity contribution in [2.75, 3.05) is 0 Å². The summed E-state index contributed by atoms with van der Waals surface area (Å²) in [5.41, 5.74) is 7.12. The van der Waals surface area contributed by atoms with Crippen LogP contribution in [-0.4, -0.2) is 16.7 Å². The number of hydrogen-bond donors (Lipinski definition) is 2. The predicted octanol–water partition coefficient (Wildman–Crippen LogP) is 2.31. The Labute approximate surface area is 102 Å². The minimum atomic E-state index is -0.708. The summed E-state index contributed by atoms with van der Waals surface area (Å²) in [6.45, 7) is 1.88. The molecule has 0 aromatic heterocycles. The van der Waals surface area contributed by atoms with Gasteiger partial charge in [0.25, 0.3) is 0 Å². The van der Waals surface area contributed by atoms with Crippen molar-refractivity contribution in [3.05, 3.63) is 35.1 Å². The molecule has 0 bridgehead atoms. The zero-order valence-electron chi connectivity index (χ0n) is 10.2. The highest BCUT2D eigenvalue weighted by molar-refractivity contribution is 5.28. The van der Waals surface area contributed by atoms with Crippen molar-refractivity contribution in [3.63, 3.8) is 0 Å². The van der Waals surface area contributed by atoms with Crippen LogP contribution < -0.4 is 5.73 Å². The van der Waals surface area contributed by atoms with Gasteiger partial charge in [0.1, 0.15) is 5.82 Å². The van der Waals surface area contributed by atoms with Crippen molar-refractivity contribution in [3.8, 4) is 0 Å². The lowest BCUT2D eigenvalue weighted by Crippen LogP contribution is -2.42. The fraction of sp³-hybridized carbons (Fsp3) is 0.571. The Morgan fingerprint density at radius 2 is 2.29 bits per heavy atom. The van der Waals surface area contributed by atoms with Gasteiger partial charge in [0.15, 0.2) is 0 Å². The quantitative estimate of drug-likeness (QED) is 0.829. The Hall–Kier alpha value is -0.930. The normalized spacial score (nSPS) is 29.3. The smallest absolute Gasteiger partial charge is 0.123 e. The summed E-state index contributed by atoms with van der Waals surface area (Å²) in [7, 11) is 0. The lowest BCUT2D eigenvalue weighted by atomic mass is 9.78. The molecule has 3 N–H and O–H groups in total. The number of benzene rings is 1. The van der Waals surface area contributed by atoms with E-state index in [-0.39, 0.29) is 11.9 Å². The molecule has 1 aliphatic carbocycles. The van der Waals surface area contributed by atoms with Gasteiger partial charge in [-0.25, -0.2) is 4.39 Å². The zero-order chi connectivity index (χ0) is 12.5. The first kappa shape index (κ1) is 12.5. The number of rotatable bonds is 2. The summed E-state index contributed by atoms with van der Waals surface area (Å²) >= 11 is 0. The van der Waals surface area contributed by atoms with Gasteiger partial charge >= 0.3 is 0 Å². The van der Waals surface area contributed by atoms with Crippen LogP contribution in [0.3, 0.4) is 0 Å². The van der Waals surface area contributed by atoms with Crippen LogP contribution in [0.1, 0.15) is 36.8 Å². The van der Waals surface area contributed by atoms with Gasteiger partial charge in [0.05, 0.1) is 5.60 Å². The third-order valence-electron chi connectivity index (χ3n) is 3.68. The first-order valence-electron chi connectivity index (χ1n) is 6.21. The highest BCUT2D eigenvalue weighted by Crippen LogP contribution is 2.31. The van der Waals surface area contributed by atoms with Crippen LogP contribution in [-0.2, 0) is 6.42 Å². The van der Waals surface area contributed by atoms with E-state index in [1.807, 2.05) is 6.92 Å². The Morgan fingerprint density at radius 3 is 2.94 bits per heavy atom. The van der Waals surface area contributed by atoms with Crippen molar-refractivity contribution >= 4 is 0 Å². The maximum atomic E-state index is 13.0. The van der Waals surface area contributed by atoms with Crippen molar-refractivity contribution < 1.29 is 9.50 Å². The molecule has 0 amide bonds. The summed E-state index contributed by atoms with van der Waals surface area (Å²) < 4.78 is 13.0. The van der Waals surface area contributed by atoms with Gasteiger partial charge in [0, 0.05) is 12.5 Å². The average molecular weight is 237 g/mol. The second kappa shape index (κ2) is 4.75. The summed E-state index contributed by atoms with van der Waals surface area (Å²) in [6.07, 6.45) is 3.97. The van der Waals surface area contributed by atoms with Gasteiger partial charge < -0.3 is 10.8 Å². The topological polar surface area (TPSA) is 46.2 Å². The number of hydrogen-bond acceptors (Lipinski definition) is 2. The van der Waals surface area contributed by atoms with Crippen LogP contribution in [0.2, 0.25) is 0 Å². The molecule has 1 aromatic rings. The summed E-state index contributed by atoms with van der Waals surface area (Å²) in [5.74, 6) is -0.224. The average Bonchev–Trinajstić information content (AvgIpc) is 2.22. The molecule has 1 saturated carbocycles. The number of halogens is 1. The molecule has 0 spiro atoms. The second-order valence-corrected chi connectivity index (χ2v) is 5.33. The van der Waals surface area contributed by atoms with Crippen molar-refractivity contribution in [2.24, 2.45) is 5.73 Å². The minimum Gasteiger partial charge on any atom is -0.389 e. The summed E-state index contributed by atoms with van der Waals surface area (Å²) in [5, 5.41) is 10.5. The van der Waals surface area contributed by atoms with Crippen LogP contribution in [0, 0.1) is 12.7 Å². The van der Waals surface area contributed by atoms with E-state index in [1.165, 1.54) is 12.1 Å². The number of aliphatic hydroxyl groups is 1. The molecule has 0 saturated heterocycles. The van der Waals surface area contributed by atoms with E-state index in [0.29, 0.717) is 12.8 Å². The highest BCUT2D eigenvalue weighted by atomic mass is 19.1. The second-order valence-electron chi connectivity index (χ2n) is 5.33. The van der Waals surface area contributed by atoms with E-state index in [4.69, 9.17) is 5.73 Å². The largest absolute Gasteiger partial charge is 0.389 e. The van der Waals surface area contributed by atoms with Gasteiger partial charge in [0.2, 0.25) is 0 Å². The maximum Gasteiger partial charge on any atom is 0.123 e. The molecule has 2 atom stereocenters. The van der Waals surface area contributed by atoms with Gasteiger partial charge in [-0.15, -0.1) is 0 Å². The molecule has 1 aliphatic rings. The van der Waals surface area contributed by atoms with Gasteiger partial charge in [-0.2, -0.15) is 0 Å². The molecule has 0 radical (unpaired) electrons. The Balaban J connectivity index is 2.14. The van der Waals surface area contributed by atoms with Crippen LogP contribution in [0.5, 0.6) is 0 Å². The van der Waals surface area contributed by atoms with E-state index >= 15 is 0 Å². The van der Waals surface area contributed by atoms with Crippen LogP contribution in [0.25, 0.3) is 0 Å². The molecule has 2 nitrogen and oxygen atoms in total. The van der Waals surface area contributed by atoms with Gasteiger partial charge in [-0.3, -0.25) is 0 Å². The Morgan fingerprint density at radius 1 is 1.53 bits per heavy atom. The van der Waals surface area contributed by atoms with E-state index in [1.54, 1.807) is 6.07 Å². The molecule has 94 valence electrons. The van der Waals surface area contributed by atoms with Crippen molar-refractivity contribution in [1.29, 1.82) is 0 Å². The predicted molar refractivity (Wildman–Crippen MR) is 66.2 cm³/mol. The lowest BCUT2D eigenvalue weighted by Gasteiger charge is -2.35. The maximum absolute atomic E-state index is 13.0. The summed E-state index contributed by atoms with van der Waals surface area (Å²) in [4.78, 5) is 0. The van der Waals surface area contributed by atoms with Gasteiger partial charge in [-0.05, 0) is 55.9 Å². The first-order valence-corrected chi connectivity index (χ1v) is 6.21. The molecular weight excluding hydrogens is 217 g/mol. The molecule has 0 aliphatic heterocycles. The fourth-order valence-electron chi connectivity index (χ4n) is 2.76.